The van der Waals surface area contributed by atoms with Crippen molar-refractivity contribution < 1.29 is 0 Å². The third kappa shape index (κ3) is 3.83. The molecule has 0 aromatic carbocycles. The van der Waals surface area contributed by atoms with Gasteiger partial charge in [-0.3, -0.25) is 0 Å². The minimum atomic E-state index is 0.126. The highest BCUT2D eigenvalue weighted by Gasteiger charge is 2.30. The average molecular weight is 209 g/mol. The summed E-state index contributed by atoms with van der Waals surface area (Å²) in [6.45, 7) is 19.1. The van der Waals surface area contributed by atoms with Gasteiger partial charge in [-0.25, -0.2) is 0 Å². The number of allylic oxidation sites excluding steroid dienone is 1. The number of hydrogen-bond donors (Lipinski definition) is 1. The third-order valence-corrected chi connectivity index (χ3v) is 3.46. The van der Waals surface area contributed by atoms with Gasteiger partial charge in [0.05, 0.1) is 0 Å². The summed E-state index contributed by atoms with van der Waals surface area (Å²) < 4.78 is 0. The standard InChI is InChI=1S/C14H27N/c1-8-13(11(4)9-12(5)15)14(6,7)10(2)3/h12-13H,2,4,8-9,15H2,1,3,5-7H3. The van der Waals surface area contributed by atoms with E-state index in [4.69, 9.17) is 5.73 Å². The topological polar surface area (TPSA) is 26.0 Å². The fraction of sp³-hybridized carbons (Fsp3) is 0.714. The zero-order valence-corrected chi connectivity index (χ0v) is 11.1. The second-order valence-corrected chi connectivity index (χ2v) is 5.30. The van der Waals surface area contributed by atoms with Gasteiger partial charge in [0.2, 0.25) is 0 Å². The zero-order chi connectivity index (χ0) is 12.2. The van der Waals surface area contributed by atoms with Gasteiger partial charge in [0.15, 0.2) is 0 Å². The van der Waals surface area contributed by atoms with E-state index in [1.54, 1.807) is 0 Å². The summed E-state index contributed by atoms with van der Waals surface area (Å²) in [6.07, 6.45) is 2.01. The van der Waals surface area contributed by atoms with Crippen LogP contribution < -0.4 is 5.73 Å². The predicted molar refractivity (Wildman–Crippen MR) is 69.8 cm³/mol. The average Bonchev–Trinajstić information content (AvgIpc) is 2.02. The molecule has 0 aromatic heterocycles. The highest BCUT2D eigenvalue weighted by molar-refractivity contribution is 5.16. The van der Waals surface area contributed by atoms with Crippen LogP contribution >= 0.6 is 0 Å². The first-order valence-corrected chi connectivity index (χ1v) is 5.82. The van der Waals surface area contributed by atoms with Gasteiger partial charge in [-0.2, -0.15) is 0 Å². The van der Waals surface area contributed by atoms with Crippen molar-refractivity contribution in [2.75, 3.05) is 0 Å². The Morgan fingerprint density at radius 1 is 1.33 bits per heavy atom. The van der Waals surface area contributed by atoms with E-state index in [2.05, 4.69) is 40.9 Å². The monoisotopic (exact) mass is 209 g/mol. The largest absolute Gasteiger partial charge is 0.328 e. The molecule has 2 N–H and O–H groups in total. The van der Waals surface area contributed by atoms with E-state index in [0.29, 0.717) is 5.92 Å². The lowest BCUT2D eigenvalue weighted by Crippen LogP contribution is -2.28. The first-order valence-electron chi connectivity index (χ1n) is 5.82. The maximum absolute atomic E-state index is 5.82. The summed E-state index contributed by atoms with van der Waals surface area (Å²) in [6, 6.07) is 0.201. The molecular weight excluding hydrogens is 182 g/mol. The molecule has 0 spiro atoms. The van der Waals surface area contributed by atoms with Crippen molar-refractivity contribution in [3.05, 3.63) is 24.3 Å². The molecule has 0 radical (unpaired) electrons. The zero-order valence-electron chi connectivity index (χ0n) is 11.1. The van der Waals surface area contributed by atoms with Gasteiger partial charge in [-0.1, -0.05) is 45.1 Å². The molecule has 2 unspecified atom stereocenters. The molecule has 88 valence electrons. The maximum atomic E-state index is 5.82. The van der Waals surface area contributed by atoms with Crippen molar-refractivity contribution in [3.63, 3.8) is 0 Å². The molecule has 0 bridgehead atoms. The van der Waals surface area contributed by atoms with Crippen molar-refractivity contribution in [3.8, 4) is 0 Å². The summed E-state index contributed by atoms with van der Waals surface area (Å²) in [5.41, 5.74) is 8.43. The van der Waals surface area contributed by atoms with Crippen LogP contribution in [0.15, 0.2) is 24.3 Å². The maximum Gasteiger partial charge on any atom is 0.00476 e. The fourth-order valence-corrected chi connectivity index (χ4v) is 2.16. The first-order chi connectivity index (χ1) is 6.73. The molecule has 0 heterocycles. The summed E-state index contributed by atoms with van der Waals surface area (Å²) in [5, 5.41) is 0. The lowest BCUT2D eigenvalue weighted by atomic mass is 9.69. The summed E-state index contributed by atoms with van der Waals surface area (Å²) in [7, 11) is 0. The molecule has 0 rings (SSSR count). The first kappa shape index (κ1) is 14.4. The second-order valence-electron chi connectivity index (χ2n) is 5.30. The Hall–Kier alpha value is -0.560. The number of rotatable bonds is 6. The van der Waals surface area contributed by atoms with E-state index in [-0.39, 0.29) is 11.5 Å². The van der Waals surface area contributed by atoms with Gasteiger partial charge in [-0.05, 0) is 38.0 Å². The molecular formula is C14H27N. The second kappa shape index (κ2) is 5.50. The van der Waals surface area contributed by atoms with Crippen molar-refractivity contribution in [1.29, 1.82) is 0 Å². The van der Waals surface area contributed by atoms with Gasteiger partial charge in [0.25, 0.3) is 0 Å². The summed E-state index contributed by atoms with van der Waals surface area (Å²) >= 11 is 0. The van der Waals surface area contributed by atoms with Crippen molar-refractivity contribution in [2.45, 2.75) is 53.5 Å². The van der Waals surface area contributed by atoms with E-state index >= 15 is 0 Å². The molecule has 2 atom stereocenters. The van der Waals surface area contributed by atoms with Crippen LogP contribution in [0.2, 0.25) is 0 Å². The van der Waals surface area contributed by atoms with E-state index in [1.165, 1.54) is 11.1 Å². The quantitative estimate of drug-likeness (QED) is 0.659. The predicted octanol–water partition coefficient (Wildman–Crippen LogP) is 3.91. The van der Waals surface area contributed by atoms with Crippen LogP contribution in [0.25, 0.3) is 0 Å². The lowest BCUT2D eigenvalue weighted by Gasteiger charge is -2.36. The molecule has 0 aliphatic carbocycles. The Morgan fingerprint density at radius 2 is 1.80 bits per heavy atom. The van der Waals surface area contributed by atoms with Crippen LogP contribution in [0.5, 0.6) is 0 Å². The van der Waals surface area contributed by atoms with E-state index in [1.807, 2.05) is 6.92 Å². The van der Waals surface area contributed by atoms with Crippen LogP contribution in [0.1, 0.15) is 47.5 Å². The third-order valence-electron chi connectivity index (χ3n) is 3.46. The Balaban J connectivity index is 4.76. The van der Waals surface area contributed by atoms with E-state index in [0.717, 1.165) is 12.8 Å². The molecule has 0 aliphatic heterocycles. The van der Waals surface area contributed by atoms with Crippen molar-refractivity contribution in [2.24, 2.45) is 17.1 Å². The van der Waals surface area contributed by atoms with Crippen LogP contribution in [-0.4, -0.2) is 6.04 Å². The van der Waals surface area contributed by atoms with E-state index in [9.17, 15) is 0 Å². The number of hydrogen-bond acceptors (Lipinski definition) is 1. The van der Waals surface area contributed by atoms with Crippen LogP contribution in [0, 0.1) is 11.3 Å². The molecule has 0 amide bonds. The fourth-order valence-electron chi connectivity index (χ4n) is 2.16. The molecule has 0 saturated carbocycles. The molecule has 0 aromatic rings. The minimum absolute atomic E-state index is 0.126. The van der Waals surface area contributed by atoms with Crippen LogP contribution in [0.4, 0.5) is 0 Å². The SMILES string of the molecule is C=C(CC(C)N)C(CC)C(C)(C)C(=C)C. The lowest BCUT2D eigenvalue weighted by molar-refractivity contribution is 0.290. The summed E-state index contributed by atoms with van der Waals surface area (Å²) in [4.78, 5) is 0. The Labute approximate surface area is 95.4 Å². The van der Waals surface area contributed by atoms with E-state index < -0.39 is 0 Å². The smallest absolute Gasteiger partial charge is 0.00476 e. The van der Waals surface area contributed by atoms with Crippen molar-refractivity contribution >= 4 is 0 Å². The van der Waals surface area contributed by atoms with Crippen molar-refractivity contribution in [1.82, 2.24) is 0 Å². The molecule has 0 fully saturated rings. The van der Waals surface area contributed by atoms with Crippen LogP contribution in [0.3, 0.4) is 0 Å². The highest BCUT2D eigenvalue weighted by Crippen LogP contribution is 2.40. The van der Waals surface area contributed by atoms with Gasteiger partial charge in [0, 0.05) is 6.04 Å². The highest BCUT2D eigenvalue weighted by atomic mass is 14.6. The Morgan fingerprint density at radius 3 is 2.07 bits per heavy atom. The van der Waals surface area contributed by atoms with Crippen LogP contribution in [-0.2, 0) is 0 Å². The van der Waals surface area contributed by atoms with Gasteiger partial charge >= 0.3 is 0 Å². The van der Waals surface area contributed by atoms with Gasteiger partial charge < -0.3 is 5.73 Å². The molecule has 1 heteroatoms. The van der Waals surface area contributed by atoms with Gasteiger partial charge in [0.1, 0.15) is 0 Å². The molecule has 15 heavy (non-hydrogen) atoms. The molecule has 0 saturated heterocycles. The summed E-state index contributed by atoms with van der Waals surface area (Å²) in [5.74, 6) is 0.487. The molecule has 0 aliphatic rings. The minimum Gasteiger partial charge on any atom is -0.328 e. The number of nitrogens with two attached hydrogens (primary N) is 1. The Kier molecular flexibility index (Phi) is 5.30. The Bertz CT molecular complexity index is 236. The van der Waals surface area contributed by atoms with Gasteiger partial charge in [-0.15, -0.1) is 0 Å². The normalized spacial score (nSPS) is 15.9. The molecule has 1 nitrogen and oxygen atoms in total.